The van der Waals surface area contributed by atoms with E-state index in [1.54, 1.807) is 18.0 Å². The van der Waals surface area contributed by atoms with Crippen molar-refractivity contribution in [3.63, 3.8) is 0 Å². The van der Waals surface area contributed by atoms with E-state index in [9.17, 15) is 15.0 Å². The largest absolute Gasteiger partial charge is 0.496 e. The summed E-state index contributed by atoms with van der Waals surface area (Å²) in [6.45, 7) is 0.284. The van der Waals surface area contributed by atoms with Crippen LogP contribution in [0, 0.1) is 5.92 Å². The Hall–Kier alpha value is -3.47. The number of para-hydroxylation sites is 1. The fourth-order valence-corrected chi connectivity index (χ4v) is 5.35. The molecule has 4 N–H and O–H groups in total. The average molecular weight is 494 g/mol. The Morgan fingerprint density at radius 3 is 2.63 bits per heavy atom. The summed E-state index contributed by atoms with van der Waals surface area (Å²) in [6, 6.07) is 15.9. The number of thiocarbonyl (C=S) groups is 1. The summed E-state index contributed by atoms with van der Waals surface area (Å²) in [5, 5.41) is 32.0. The van der Waals surface area contributed by atoms with Gasteiger partial charge in [0.05, 0.1) is 36.9 Å². The number of nitrogens with zero attached hydrogens (tertiary/aromatic N) is 3. The second-order valence-electron chi connectivity index (χ2n) is 8.73. The number of aliphatic hydroxyl groups is 2. The van der Waals surface area contributed by atoms with Crippen LogP contribution in [0.3, 0.4) is 0 Å². The molecule has 1 aliphatic heterocycles. The maximum Gasteiger partial charge on any atom is 0.225 e. The summed E-state index contributed by atoms with van der Waals surface area (Å²) in [5.74, 6) is -0.138. The molecule has 1 saturated carbocycles. The fourth-order valence-electron chi connectivity index (χ4n) is 4.99. The summed E-state index contributed by atoms with van der Waals surface area (Å²) in [7, 11) is 1.59. The number of hydrogen-bond donors (Lipinski definition) is 4. The van der Waals surface area contributed by atoms with Gasteiger partial charge >= 0.3 is 0 Å². The van der Waals surface area contributed by atoms with Crippen molar-refractivity contribution in [3.8, 4) is 11.4 Å². The minimum atomic E-state index is -1.05. The predicted octanol–water partition coefficient (Wildman–Crippen LogP) is 1.37. The van der Waals surface area contributed by atoms with Gasteiger partial charge in [-0.2, -0.15) is 5.10 Å². The van der Waals surface area contributed by atoms with E-state index >= 15 is 0 Å². The van der Waals surface area contributed by atoms with Gasteiger partial charge < -0.3 is 30.5 Å². The Morgan fingerprint density at radius 1 is 1.17 bits per heavy atom. The van der Waals surface area contributed by atoms with Crippen LogP contribution < -0.4 is 20.3 Å². The number of carbonyl (C=O) groups is 1. The molecular formula is C25H27N5O4S. The van der Waals surface area contributed by atoms with Crippen LogP contribution in [-0.4, -0.2) is 62.4 Å². The molecule has 2 aromatic carbocycles. The van der Waals surface area contributed by atoms with E-state index in [0.717, 1.165) is 16.9 Å². The number of rotatable bonds is 6. The Morgan fingerprint density at radius 2 is 1.91 bits per heavy atom. The highest BCUT2D eigenvalue weighted by atomic mass is 32.1. The van der Waals surface area contributed by atoms with Crippen molar-refractivity contribution in [2.75, 3.05) is 12.0 Å². The van der Waals surface area contributed by atoms with Crippen LogP contribution in [0.5, 0.6) is 5.75 Å². The van der Waals surface area contributed by atoms with E-state index in [1.165, 1.54) is 0 Å². The number of nitrogens with one attached hydrogen (secondary N) is 2. The number of anilines is 1. The molecule has 9 nitrogen and oxygen atoms in total. The van der Waals surface area contributed by atoms with Gasteiger partial charge in [0.15, 0.2) is 5.11 Å². The molecule has 182 valence electrons. The minimum absolute atomic E-state index is 0.117. The number of amides is 1. The van der Waals surface area contributed by atoms with E-state index in [-0.39, 0.29) is 18.9 Å². The highest BCUT2D eigenvalue weighted by molar-refractivity contribution is 7.80. The van der Waals surface area contributed by atoms with Gasteiger partial charge in [-0.3, -0.25) is 4.79 Å². The SMILES string of the molecule is COc1ccccc1CNC(=O)C1CC(O)C(O)C2NC(=S)N(c3ccc(-n4cccn4)cc3)C12. The molecule has 1 amide bonds. The molecule has 5 atom stereocenters. The van der Waals surface area contributed by atoms with E-state index in [2.05, 4.69) is 15.7 Å². The van der Waals surface area contributed by atoms with Crippen LogP contribution in [0.4, 0.5) is 5.69 Å². The Bertz CT molecular complexity index is 1200. The van der Waals surface area contributed by atoms with Crippen LogP contribution in [0.15, 0.2) is 67.0 Å². The molecule has 2 aliphatic rings. The van der Waals surface area contributed by atoms with Gasteiger partial charge in [-0.25, -0.2) is 4.68 Å². The van der Waals surface area contributed by atoms with Gasteiger partial charge in [-0.15, -0.1) is 0 Å². The molecule has 0 radical (unpaired) electrons. The molecule has 1 aromatic heterocycles. The van der Waals surface area contributed by atoms with Gasteiger partial charge in [-0.05, 0) is 55.0 Å². The smallest absolute Gasteiger partial charge is 0.225 e. The third-order valence-electron chi connectivity index (χ3n) is 6.72. The Balaban J connectivity index is 1.40. The minimum Gasteiger partial charge on any atom is -0.496 e. The number of methoxy groups -OCH3 is 1. The maximum absolute atomic E-state index is 13.4. The number of aliphatic hydroxyl groups excluding tert-OH is 2. The molecular weight excluding hydrogens is 466 g/mol. The lowest BCUT2D eigenvalue weighted by atomic mass is 9.77. The second kappa shape index (κ2) is 9.65. The second-order valence-corrected chi connectivity index (χ2v) is 9.12. The van der Waals surface area contributed by atoms with E-state index < -0.39 is 30.2 Å². The number of ether oxygens (including phenoxy) is 1. The molecule has 5 unspecified atom stereocenters. The topological polar surface area (TPSA) is 112 Å². The Kier molecular flexibility index (Phi) is 6.42. The number of benzene rings is 2. The molecule has 1 saturated heterocycles. The zero-order valence-corrected chi connectivity index (χ0v) is 19.9. The van der Waals surface area contributed by atoms with Crippen LogP contribution in [-0.2, 0) is 11.3 Å². The van der Waals surface area contributed by atoms with Crippen molar-refractivity contribution in [1.29, 1.82) is 0 Å². The van der Waals surface area contributed by atoms with Crippen molar-refractivity contribution in [3.05, 3.63) is 72.6 Å². The molecule has 3 aromatic rings. The monoisotopic (exact) mass is 493 g/mol. The summed E-state index contributed by atoms with van der Waals surface area (Å²) in [4.78, 5) is 15.3. The van der Waals surface area contributed by atoms with Crippen molar-refractivity contribution in [2.45, 2.75) is 37.3 Å². The van der Waals surface area contributed by atoms with Crippen LogP contribution >= 0.6 is 12.2 Å². The summed E-state index contributed by atoms with van der Waals surface area (Å²) >= 11 is 5.61. The number of fused-ring (bicyclic) bond motifs is 1. The molecule has 10 heteroatoms. The average Bonchev–Trinajstić information content (AvgIpc) is 3.53. The first-order valence-corrected chi connectivity index (χ1v) is 11.8. The first-order valence-electron chi connectivity index (χ1n) is 11.4. The van der Waals surface area contributed by atoms with Crippen LogP contribution in [0.2, 0.25) is 0 Å². The Labute approximate surface area is 208 Å². The summed E-state index contributed by atoms with van der Waals surface area (Å²) < 4.78 is 7.14. The molecule has 2 heterocycles. The lowest BCUT2D eigenvalue weighted by molar-refractivity contribution is -0.131. The summed E-state index contributed by atoms with van der Waals surface area (Å²) in [5.41, 5.74) is 2.53. The van der Waals surface area contributed by atoms with Crippen LogP contribution in [0.25, 0.3) is 5.69 Å². The zero-order chi connectivity index (χ0) is 24.5. The number of hydrogen-bond acceptors (Lipinski definition) is 6. The summed E-state index contributed by atoms with van der Waals surface area (Å²) in [6.07, 6.45) is 1.58. The highest BCUT2D eigenvalue weighted by Gasteiger charge is 2.53. The standard InChI is InChI=1S/C25H27N5O4S/c1-34-20-6-3-2-5-15(20)14-26-24(33)18-13-19(31)23(32)21-22(18)30(25(35)28-21)17-9-7-16(8-10-17)29-12-4-11-27-29/h2-12,18-19,21-23,31-32H,13-14H2,1H3,(H,26,33)(H,28,35). The van der Waals surface area contributed by atoms with Gasteiger partial charge in [0.2, 0.25) is 5.91 Å². The van der Waals surface area contributed by atoms with Gasteiger partial charge in [0.25, 0.3) is 0 Å². The maximum atomic E-state index is 13.4. The van der Waals surface area contributed by atoms with Gasteiger partial charge in [-0.1, -0.05) is 18.2 Å². The predicted molar refractivity (Wildman–Crippen MR) is 134 cm³/mol. The van der Waals surface area contributed by atoms with Crippen molar-refractivity contribution in [2.24, 2.45) is 5.92 Å². The zero-order valence-electron chi connectivity index (χ0n) is 19.1. The first kappa shape index (κ1) is 23.3. The molecule has 0 bridgehead atoms. The van der Waals surface area contributed by atoms with Crippen molar-refractivity contribution in [1.82, 2.24) is 20.4 Å². The lowest BCUT2D eigenvalue weighted by Crippen LogP contribution is -2.60. The third kappa shape index (κ3) is 4.36. The third-order valence-corrected chi connectivity index (χ3v) is 7.04. The lowest BCUT2D eigenvalue weighted by Gasteiger charge is -2.41. The van der Waals surface area contributed by atoms with Crippen molar-refractivity contribution >= 4 is 28.9 Å². The van der Waals surface area contributed by atoms with Gasteiger partial charge in [0, 0.05) is 30.2 Å². The molecule has 0 spiro atoms. The highest BCUT2D eigenvalue weighted by Crippen LogP contribution is 2.37. The van der Waals surface area contributed by atoms with Crippen LogP contribution in [0.1, 0.15) is 12.0 Å². The molecule has 35 heavy (non-hydrogen) atoms. The number of aromatic nitrogens is 2. The fraction of sp³-hybridized carbons (Fsp3) is 0.320. The van der Waals surface area contributed by atoms with E-state index in [0.29, 0.717) is 10.9 Å². The first-order chi connectivity index (χ1) is 17.0. The molecule has 1 aliphatic carbocycles. The normalized spacial score (nSPS) is 25.6. The van der Waals surface area contributed by atoms with Crippen molar-refractivity contribution < 1.29 is 19.7 Å². The number of carbonyl (C=O) groups excluding carboxylic acids is 1. The molecule has 2 fully saturated rings. The van der Waals surface area contributed by atoms with E-state index in [1.807, 2.05) is 65.7 Å². The molecule has 5 rings (SSSR count). The van der Waals surface area contributed by atoms with Gasteiger partial charge in [0.1, 0.15) is 11.9 Å². The quantitative estimate of drug-likeness (QED) is 0.381. The van der Waals surface area contributed by atoms with E-state index in [4.69, 9.17) is 17.0 Å².